The van der Waals surface area contributed by atoms with Crippen molar-refractivity contribution < 1.29 is 14.2 Å². The van der Waals surface area contributed by atoms with Crippen LogP contribution in [0.25, 0.3) is 20.7 Å². The Morgan fingerprint density at radius 2 is 2.02 bits per heavy atom. The van der Waals surface area contributed by atoms with Gasteiger partial charge in [-0.15, -0.1) is 11.3 Å². The quantitative estimate of drug-likeness (QED) is 0.178. The summed E-state index contributed by atoms with van der Waals surface area (Å²) in [4.78, 5) is 13.4. The molecule has 1 aliphatic carbocycles. The summed E-state index contributed by atoms with van der Waals surface area (Å²) in [7, 11) is 0. The van der Waals surface area contributed by atoms with Gasteiger partial charge in [-0.25, -0.2) is 14.4 Å². The Bertz CT molecular complexity index is 1720. The molecule has 218 valence electrons. The van der Waals surface area contributed by atoms with Gasteiger partial charge in [-0.3, -0.25) is 4.68 Å². The highest BCUT2D eigenvalue weighted by atomic mass is 35.5. The second-order valence-corrected chi connectivity index (χ2v) is 11.8. The molecule has 0 amide bonds. The summed E-state index contributed by atoms with van der Waals surface area (Å²) in [6.07, 6.45) is 4.78. The summed E-state index contributed by atoms with van der Waals surface area (Å²) in [6, 6.07) is 11.8. The molecule has 0 unspecified atom stereocenters. The first-order valence-corrected chi connectivity index (χ1v) is 15.3. The maximum absolute atomic E-state index is 13.5. The molecule has 6 rings (SSSR count). The predicted octanol–water partition coefficient (Wildman–Crippen LogP) is 6.47. The monoisotopic (exact) mass is 606 g/mol. The molecule has 0 saturated carbocycles. The van der Waals surface area contributed by atoms with Gasteiger partial charge in [0.2, 0.25) is 0 Å². The molecule has 0 fully saturated rings. The van der Waals surface area contributed by atoms with E-state index >= 15 is 0 Å². The van der Waals surface area contributed by atoms with Crippen molar-refractivity contribution in [3.8, 4) is 16.2 Å². The fourth-order valence-corrected chi connectivity index (χ4v) is 6.85. The van der Waals surface area contributed by atoms with E-state index in [2.05, 4.69) is 40.2 Å². The highest BCUT2D eigenvalue weighted by Gasteiger charge is 2.27. The van der Waals surface area contributed by atoms with Crippen LogP contribution in [0.1, 0.15) is 30.7 Å². The van der Waals surface area contributed by atoms with Crippen molar-refractivity contribution in [2.45, 2.75) is 45.9 Å². The fraction of sp³-hybridized carbons (Fsp3) is 0.323. The number of nitrogens with zero attached hydrogens (tertiary/aromatic N) is 5. The van der Waals surface area contributed by atoms with Crippen molar-refractivity contribution in [3.05, 3.63) is 82.6 Å². The third-order valence-electron chi connectivity index (χ3n) is 7.52. The number of ether oxygens (including phenoxy) is 1. The van der Waals surface area contributed by atoms with Gasteiger partial charge in [0.05, 0.1) is 28.8 Å². The first-order valence-electron chi connectivity index (χ1n) is 14.1. The van der Waals surface area contributed by atoms with E-state index < -0.39 is 6.10 Å². The summed E-state index contributed by atoms with van der Waals surface area (Å²) in [5.74, 6) is 0.926. The van der Waals surface area contributed by atoms with Gasteiger partial charge in [-0.1, -0.05) is 37.6 Å². The lowest BCUT2D eigenvalue weighted by atomic mass is 9.95. The van der Waals surface area contributed by atoms with Crippen LogP contribution in [0.15, 0.2) is 55.0 Å². The van der Waals surface area contributed by atoms with Crippen LogP contribution in [0.4, 0.5) is 15.9 Å². The van der Waals surface area contributed by atoms with Crippen molar-refractivity contribution in [3.63, 3.8) is 0 Å². The van der Waals surface area contributed by atoms with Crippen LogP contribution in [-0.2, 0) is 26.0 Å². The average molecular weight is 607 g/mol. The molecule has 2 N–H and O–H groups in total. The van der Waals surface area contributed by atoms with Crippen LogP contribution >= 0.6 is 22.9 Å². The van der Waals surface area contributed by atoms with E-state index in [0.29, 0.717) is 29.7 Å². The molecule has 1 atom stereocenters. The lowest BCUT2D eigenvalue weighted by molar-refractivity contribution is 0.0996. The molecule has 1 aliphatic rings. The zero-order valence-electron chi connectivity index (χ0n) is 23.5. The molecule has 11 heteroatoms. The number of benzene rings is 2. The van der Waals surface area contributed by atoms with Crippen LogP contribution in [0.3, 0.4) is 0 Å². The number of hydrogen-bond donors (Lipinski definition) is 2. The topological polar surface area (TPSA) is 88.3 Å². The predicted molar refractivity (Wildman–Crippen MR) is 165 cm³/mol. The SMILES string of the molecule is CCN(CC)C[C@@H](O)Cn1cc2c(n1)CCc1c-2sc2ncnc(Nc3ccc(OCc4cccc(F)c4)c(Cl)c3)c12. The van der Waals surface area contributed by atoms with Crippen molar-refractivity contribution in [1.82, 2.24) is 24.6 Å². The molecule has 42 heavy (non-hydrogen) atoms. The first kappa shape index (κ1) is 28.5. The Kier molecular flexibility index (Phi) is 8.39. The lowest BCUT2D eigenvalue weighted by Gasteiger charge is -2.21. The summed E-state index contributed by atoms with van der Waals surface area (Å²) in [5.41, 5.74) is 4.85. The van der Waals surface area contributed by atoms with Crippen molar-refractivity contribution in [1.29, 1.82) is 0 Å². The maximum Gasteiger partial charge on any atom is 0.142 e. The van der Waals surface area contributed by atoms with Gasteiger partial charge in [0.25, 0.3) is 0 Å². The number of likely N-dealkylation sites (N-methyl/N-ethyl adjacent to an activating group) is 1. The van der Waals surface area contributed by atoms with Crippen LogP contribution in [-0.4, -0.2) is 55.5 Å². The molecule has 3 aromatic heterocycles. The minimum atomic E-state index is -0.486. The number of aliphatic hydroxyl groups excluding tert-OH is 1. The minimum Gasteiger partial charge on any atom is -0.487 e. The summed E-state index contributed by atoms with van der Waals surface area (Å²) < 4.78 is 21.2. The van der Waals surface area contributed by atoms with Crippen LogP contribution in [0.2, 0.25) is 5.02 Å². The van der Waals surface area contributed by atoms with E-state index in [9.17, 15) is 9.50 Å². The van der Waals surface area contributed by atoms with E-state index in [4.69, 9.17) is 21.4 Å². The summed E-state index contributed by atoms with van der Waals surface area (Å²) in [6.45, 7) is 7.32. The molecular weight excluding hydrogens is 575 g/mol. The average Bonchev–Trinajstić information content (AvgIpc) is 3.57. The zero-order valence-corrected chi connectivity index (χ0v) is 25.1. The van der Waals surface area contributed by atoms with Crippen molar-refractivity contribution in [2.24, 2.45) is 0 Å². The molecule has 0 saturated heterocycles. The number of fused-ring (bicyclic) bond motifs is 5. The number of hydrogen-bond acceptors (Lipinski definition) is 8. The van der Waals surface area contributed by atoms with Gasteiger partial charge in [0.1, 0.15) is 35.1 Å². The Morgan fingerprint density at radius 1 is 1.17 bits per heavy atom. The Morgan fingerprint density at radius 3 is 2.81 bits per heavy atom. The number of halogens is 2. The standard InChI is InChI=1S/C31H32ClFN6O2S/c1-3-38(4-2)14-22(40)15-39-16-24-26(37-39)10-9-23-28-30(34-18-35-31(28)42-29(23)24)36-21-8-11-27(25(32)13-21)41-17-19-6-5-7-20(33)12-19/h5-8,11-13,16,18,22,40H,3-4,9-10,14-15,17H2,1-2H3,(H,34,35,36)/t22-/m1/s1. The molecule has 0 radical (unpaired) electrons. The van der Waals surface area contributed by atoms with Crippen LogP contribution in [0.5, 0.6) is 5.75 Å². The first-order chi connectivity index (χ1) is 20.4. The van der Waals surface area contributed by atoms with Gasteiger partial charge in [-0.2, -0.15) is 5.10 Å². The van der Waals surface area contributed by atoms with Gasteiger partial charge in [0.15, 0.2) is 0 Å². The van der Waals surface area contributed by atoms with Crippen molar-refractivity contribution >= 4 is 44.7 Å². The van der Waals surface area contributed by atoms with E-state index in [0.717, 1.165) is 63.5 Å². The molecule has 5 aromatic rings. The van der Waals surface area contributed by atoms with E-state index in [1.165, 1.54) is 17.7 Å². The fourth-order valence-electron chi connectivity index (χ4n) is 5.39. The Hall–Kier alpha value is -3.57. The molecule has 0 bridgehead atoms. The molecule has 0 aliphatic heterocycles. The lowest BCUT2D eigenvalue weighted by Crippen LogP contribution is -2.34. The van der Waals surface area contributed by atoms with Gasteiger partial charge in [-0.05, 0) is 67.4 Å². The third-order valence-corrected chi connectivity index (χ3v) is 8.99. The van der Waals surface area contributed by atoms with E-state index in [-0.39, 0.29) is 12.4 Å². The van der Waals surface area contributed by atoms with Gasteiger partial charge >= 0.3 is 0 Å². The number of aryl methyl sites for hydroxylation is 2. The minimum absolute atomic E-state index is 0.214. The second kappa shape index (κ2) is 12.3. The second-order valence-electron chi connectivity index (χ2n) is 10.4. The molecule has 2 aromatic carbocycles. The number of nitrogens with one attached hydrogen (secondary N) is 1. The normalized spacial score (nSPS) is 13.3. The molecule has 3 heterocycles. The molecule has 0 spiro atoms. The number of rotatable bonds is 11. The van der Waals surface area contributed by atoms with E-state index in [1.807, 2.05) is 10.7 Å². The van der Waals surface area contributed by atoms with Crippen LogP contribution < -0.4 is 10.1 Å². The van der Waals surface area contributed by atoms with Crippen molar-refractivity contribution in [2.75, 3.05) is 25.0 Å². The largest absolute Gasteiger partial charge is 0.487 e. The van der Waals surface area contributed by atoms with Gasteiger partial charge < -0.3 is 20.1 Å². The summed E-state index contributed by atoms with van der Waals surface area (Å²) in [5, 5.41) is 20.3. The molecule has 8 nitrogen and oxygen atoms in total. The smallest absolute Gasteiger partial charge is 0.142 e. The molecular formula is C31H32ClFN6O2S. The number of thiophene rings is 1. The zero-order chi connectivity index (χ0) is 29.2. The number of aromatic nitrogens is 4. The Labute approximate surface area is 252 Å². The Balaban J connectivity index is 1.21. The summed E-state index contributed by atoms with van der Waals surface area (Å²) >= 11 is 8.19. The van der Waals surface area contributed by atoms with E-state index in [1.54, 1.807) is 41.9 Å². The highest BCUT2D eigenvalue weighted by Crippen LogP contribution is 2.45. The highest BCUT2D eigenvalue weighted by molar-refractivity contribution is 7.22. The maximum atomic E-state index is 13.5. The van der Waals surface area contributed by atoms with Gasteiger partial charge in [0, 0.05) is 28.9 Å². The third kappa shape index (κ3) is 5.98. The van der Waals surface area contributed by atoms with Crippen LogP contribution in [0, 0.1) is 5.82 Å². The number of anilines is 2. The number of aliphatic hydroxyl groups is 1.